The third-order valence-corrected chi connectivity index (χ3v) is 5.40. The smallest absolute Gasteiger partial charge is 0.341 e. The predicted octanol–water partition coefficient (Wildman–Crippen LogP) is -0.511. The fourth-order valence-corrected chi connectivity index (χ4v) is 3.81. The number of hydrogen-bond donors (Lipinski definition) is 0. The van der Waals surface area contributed by atoms with E-state index in [2.05, 4.69) is 10.3 Å². The zero-order chi connectivity index (χ0) is 18.2. The van der Waals surface area contributed by atoms with Crippen LogP contribution in [0.25, 0.3) is 0 Å². The number of likely N-dealkylation sites (tertiary alicyclic amines) is 1. The van der Waals surface area contributed by atoms with Crippen LogP contribution in [0.3, 0.4) is 0 Å². The molecule has 2 fully saturated rings. The van der Waals surface area contributed by atoms with Gasteiger partial charge in [-0.2, -0.15) is 0 Å². The average molecular weight is 372 g/mol. The third-order valence-electron chi connectivity index (χ3n) is 4.26. The van der Waals surface area contributed by atoms with Gasteiger partial charge in [0.15, 0.2) is 0 Å². The van der Waals surface area contributed by atoms with Crippen LogP contribution >= 0.6 is 0 Å². The molecule has 0 bridgehead atoms. The molecule has 2 aliphatic heterocycles. The topological polar surface area (TPSA) is 118 Å². The number of urea groups is 2. The summed E-state index contributed by atoms with van der Waals surface area (Å²) in [5.41, 5.74) is 0.700. The Morgan fingerprint density at radius 3 is 2.76 bits per heavy atom. The maximum absolute atomic E-state index is 12.6. The molecule has 138 valence electrons. The standard InChI is InChI=1S/C13H20N6O5S/c1-24-9-10-7-18(15-14-10)11-3-4-16(8-11)12(20)17-5-6-19(13(17)21)25(2,22)23/h7,11H,3-6,8-9H2,1-2H3. The van der Waals surface area contributed by atoms with Crippen molar-refractivity contribution in [3.05, 3.63) is 11.9 Å². The Morgan fingerprint density at radius 1 is 1.36 bits per heavy atom. The van der Waals surface area contributed by atoms with Crippen LogP contribution in [-0.4, -0.2) is 89.1 Å². The summed E-state index contributed by atoms with van der Waals surface area (Å²) in [6.07, 6.45) is 3.40. The molecule has 0 saturated carbocycles. The van der Waals surface area contributed by atoms with Crippen molar-refractivity contribution in [3.8, 4) is 0 Å². The van der Waals surface area contributed by atoms with E-state index in [1.165, 1.54) is 4.90 Å². The second-order valence-corrected chi connectivity index (χ2v) is 7.97. The van der Waals surface area contributed by atoms with Gasteiger partial charge >= 0.3 is 12.1 Å². The number of carbonyl (C=O) groups excluding carboxylic acids is 2. The molecular weight excluding hydrogens is 352 g/mol. The molecule has 3 rings (SSSR count). The summed E-state index contributed by atoms with van der Waals surface area (Å²) in [5.74, 6) is 0. The zero-order valence-corrected chi connectivity index (χ0v) is 14.8. The number of imide groups is 1. The maximum atomic E-state index is 12.6. The number of methoxy groups -OCH3 is 1. The summed E-state index contributed by atoms with van der Waals surface area (Å²) in [4.78, 5) is 27.2. The average Bonchev–Trinajstić information content (AvgIpc) is 3.24. The first-order valence-electron chi connectivity index (χ1n) is 7.79. The maximum Gasteiger partial charge on any atom is 0.341 e. The van der Waals surface area contributed by atoms with Crippen LogP contribution in [0.4, 0.5) is 9.59 Å². The van der Waals surface area contributed by atoms with Gasteiger partial charge < -0.3 is 9.64 Å². The minimum absolute atomic E-state index is 0.00979. The first-order chi connectivity index (χ1) is 11.8. The second-order valence-electron chi connectivity index (χ2n) is 6.06. The highest BCUT2D eigenvalue weighted by atomic mass is 32.2. The highest BCUT2D eigenvalue weighted by Gasteiger charge is 2.41. The van der Waals surface area contributed by atoms with E-state index in [-0.39, 0.29) is 19.1 Å². The number of ether oxygens (including phenoxy) is 1. The highest BCUT2D eigenvalue weighted by Crippen LogP contribution is 2.24. The molecule has 12 heteroatoms. The van der Waals surface area contributed by atoms with Gasteiger partial charge in [0.2, 0.25) is 10.0 Å². The Hall–Kier alpha value is -2.21. The summed E-state index contributed by atoms with van der Waals surface area (Å²) in [5, 5.41) is 8.04. The van der Waals surface area contributed by atoms with Crippen LogP contribution in [0, 0.1) is 0 Å². The van der Waals surface area contributed by atoms with Crippen molar-refractivity contribution in [3.63, 3.8) is 0 Å². The number of rotatable bonds is 4. The molecule has 0 aliphatic carbocycles. The molecule has 1 aromatic heterocycles. The molecule has 2 aliphatic rings. The van der Waals surface area contributed by atoms with Crippen molar-refractivity contribution in [1.29, 1.82) is 0 Å². The van der Waals surface area contributed by atoms with Crippen molar-refractivity contribution >= 4 is 22.1 Å². The van der Waals surface area contributed by atoms with Crippen LogP contribution < -0.4 is 0 Å². The number of nitrogens with zero attached hydrogens (tertiary/aromatic N) is 6. The predicted molar refractivity (Wildman–Crippen MR) is 85.0 cm³/mol. The molecular formula is C13H20N6O5S. The number of amides is 4. The van der Waals surface area contributed by atoms with Gasteiger partial charge in [-0.15, -0.1) is 5.10 Å². The second kappa shape index (κ2) is 6.59. The van der Waals surface area contributed by atoms with E-state index in [1.807, 2.05) is 0 Å². The lowest BCUT2D eigenvalue weighted by Gasteiger charge is -2.22. The van der Waals surface area contributed by atoms with E-state index in [9.17, 15) is 18.0 Å². The Morgan fingerprint density at radius 2 is 2.12 bits per heavy atom. The minimum Gasteiger partial charge on any atom is -0.378 e. The third kappa shape index (κ3) is 3.44. The lowest BCUT2D eigenvalue weighted by atomic mass is 10.3. The van der Waals surface area contributed by atoms with E-state index in [0.717, 1.165) is 11.2 Å². The van der Waals surface area contributed by atoms with E-state index >= 15 is 0 Å². The van der Waals surface area contributed by atoms with Crippen LogP contribution in [0.15, 0.2) is 6.20 Å². The molecule has 0 N–H and O–H groups in total. The highest BCUT2D eigenvalue weighted by molar-refractivity contribution is 7.88. The Labute approximate surface area is 145 Å². The van der Waals surface area contributed by atoms with Gasteiger partial charge in [-0.25, -0.2) is 31.9 Å². The van der Waals surface area contributed by atoms with E-state index in [1.54, 1.807) is 18.0 Å². The van der Waals surface area contributed by atoms with Gasteiger partial charge in [-0.05, 0) is 6.42 Å². The molecule has 1 aromatic rings. The molecule has 3 heterocycles. The molecule has 1 unspecified atom stereocenters. The van der Waals surface area contributed by atoms with Crippen molar-refractivity contribution in [2.24, 2.45) is 0 Å². The minimum atomic E-state index is -3.66. The fraction of sp³-hybridized carbons (Fsp3) is 0.692. The molecule has 0 radical (unpaired) electrons. The summed E-state index contributed by atoms with van der Waals surface area (Å²) < 4.78 is 30.5. The first-order valence-corrected chi connectivity index (χ1v) is 9.64. The van der Waals surface area contributed by atoms with Gasteiger partial charge in [-0.3, -0.25) is 0 Å². The summed E-state index contributed by atoms with van der Waals surface area (Å²) in [6, 6.07) is -1.30. The molecule has 11 nitrogen and oxygen atoms in total. The summed E-state index contributed by atoms with van der Waals surface area (Å²) in [6.45, 7) is 1.26. The number of carbonyl (C=O) groups is 2. The van der Waals surface area contributed by atoms with Crippen LogP contribution in [0.1, 0.15) is 18.2 Å². The number of sulfonamides is 1. The van der Waals surface area contributed by atoms with Gasteiger partial charge in [-0.1, -0.05) is 5.21 Å². The quantitative estimate of drug-likeness (QED) is 0.698. The van der Waals surface area contributed by atoms with Crippen LogP contribution in [0.2, 0.25) is 0 Å². The molecule has 4 amide bonds. The zero-order valence-electron chi connectivity index (χ0n) is 14.0. The number of aromatic nitrogens is 3. The Balaban J connectivity index is 1.64. The Bertz CT molecular complexity index is 778. The van der Waals surface area contributed by atoms with E-state index in [4.69, 9.17) is 4.74 Å². The van der Waals surface area contributed by atoms with E-state index < -0.39 is 22.1 Å². The van der Waals surface area contributed by atoms with Crippen LogP contribution in [0.5, 0.6) is 0 Å². The van der Waals surface area contributed by atoms with Gasteiger partial charge in [0, 0.05) is 20.2 Å². The van der Waals surface area contributed by atoms with Gasteiger partial charge in [0.05, 0.1) is 38.2 Å². The lowest BCUT2D eigenvalue weighted by Crippen LogP contribution is -2.45. The molecule has 0 aromatic carbocycles. The van der Waals surface area contributed by atoms with E-state index in [0.29, 0.717) is 36.1 Å². The lowest BCUT2D eigenvalue weighted by molar-refractivity contribution is 0.168. The molecule has 25 heavy (non-hydrogen) atoms. The van der Waals surface area contributed by atoms with Crippen molar-refractivity contribution < 1.29 is 22.7 Å². The molecule has 0 spiro atoms. The van der Waals surface area contributed by atoms with Crippen molar-refractivity contribution in [2.45, 2.75) is 19.1 Å². The van der Waals surface area contributed by atoms with Crippen molar-refractivity contribution in [2.75, 3.05) is 39.5 Å². The largest absolute Gasteiger partial charge is 0.378 e. The van der Waals surface area contributed by atoms with Crippen molar-refractivity contribution in [1.82, 2.24) is 29.1 Å². The molecule has 2 saturated heterocycles. The first kappa shape index (κ1) is 17.6. The monoisotopic (exact) mass is 372 g/mol. The van der Waals surface area contributed by atoms with Gasteiger partial charge in [0.25, 0.3) is 0 Å². The number of hydrogen-bond acceptors (Lipinski definition) is 7. The Kier molecular flexibility index (Phi) is 4.64. The fourth-order valence-electron chi connectivity index (χ4n) is 3.01. The van der Waals surface area contributed by atoms with Gasteiger partial charge in [0.1, 0.15) is 5.69 Å². The molecule has 1 atom stereocenters. The normalized spacial score (nSPS) is 21.4. The summed E-state index contributed by atoms with van der Waals surface area (Å²) in [7, 11) is -2.09. The summed E-state index contributed by atoms with van der Waals surface area (Å²) >= 11 is 0. The SMILES string of the molecule is COCc1cn(C2CCN(C(=O)N3CCN(S(C)(=O)=O)C3=O)C2)nn1. The van der Waals surface area contributed by atoms with Crippen LogP contribution in [-0.2, 0) is 21.4 Å².